The molecule has 10 heteroatoms. The van der Waals surface area contributed by atoms with Crippen LogP contribution >= 0.6 is 0 Å². The van der Waals surface area contributed by atoms with E-state index >= 15 is 0 Å². The van der Waals surface area contributed by atoms with Crippen LogP contribution < -0.4 is 5.73 Å². The molecule has 0 aromatic carbocycles. The second-order valence-electron chi connectivity index (χ2n) is 10.0. The molecule has 0 unspecified atom stereocenters. The molecule has 0 bridgehead atoms. The number of amides is 1. The molecule has 0 radical (unpaired) electrons. The normalized spacial score (nSPS) is 28.9. The summed E-state index contributed by atoms with van der Waals surface area (Å²) >= 11 is 0. The van der Waals surface area contributed by atoms with Gasteiger partial charge in [0.15, 0.2) is 32.1 Å². The van der Waals surface area contributed by atoms with Gasteiger partial charge in [0.05, 0.1) is 18.6 Å². The second kappa shape index (κ2) is 7.99. The zero-order valence-electron chi connectivity index (χ0n) is 19.2. The van der Waals surface area contributed by atoms with E-state index in [1.54, 1.807) is 0 Å². The summed E-state index contributed by atoms with van der Waals surface area (Å²) in [6.07, 6.45) is 3.35. The van der Waals surface area contributed by atoms with Crippen LogP contribution in [0.3, 0.4) is 0 Å². The Morgan fingerprint density at radius 2 is 2.03 bits per heavy atom. The van der Waals surface area contributed by atoms with Crippen LogP contribution in [-0.2, 0) is 18.6 Å². The van der Waals surface area contributed by atoms with E-state index in [-0.39, 0.29) is 16.4 Å². The molecule has 0 spiro atoms. The number of fused-ring (bicyclic) bond motifs is 1. The van der Waals surface area contributed by atoms with E-state index in [2.05, 4.69) is 44.8 Å². The summed E-state index contributed by atoms with van der Waals surface area (Å²) in [5.74, 6) is 0.594. The van der Waals surface area contributed by atoms with Crippen molar-refractivity contribution in [3.63, 3.8) is 0 Å². The average Bonchev–Trinajstić information content (AvgIpc) is 3.29. The van der Waals surface area contributed by atoms with Crippen LogP contribution in [0.4, 0.5) is 0 Å². The minimum Gasteiger partial charge on any atom is -0.414 e. The van der Waals surface area contributed by atoms with Crippen LogP contribution in [0.25, 0.3) is 0 Å². The molecule has 172 valence electrons. The first kappa shape index (κ1) is 23.9. The van der Waals surface area contributed by atoms with Gasteiger partial charge >= 0.3 is 0 Å². The molecular weight excluding hydrogens is 418 g/mol. The van der Waals surface area contributed by atoms with E-state index in [1.807, 2.05) is 13.8 Å². The Morgan fingerprint density at radius 3 is 2.58 bits per heavy atom. The van der Waals surface area contributed by atoms with Gasteiger partial charge in [-0.25, -0.2) is 4.98 Å². The van der Waals surface area contributed by atoms with Crippen molar-refractivity contribution in [1.82, 2.24) is 9.55 Å². The van der Waals surface area contributed by atoms with Crippen LogP contribution in [0.2, 0.25) is 18.1 Å². The lowest BCUT2D eigenvalue weighted by atomic mass is 10.1. The van der Waals surface area contributed by atoms with Crippen molar-refractivity contribution in [3.05, 3.63) is 17.7 Å². The number of aliphatic hydroxyl groups is 1. The first-order valence-electron chi connectivity index (χ1n) is 10.3. The van der Waals surface area contributed by atoms with E-state index in [9.17, 15) is 9.90 Å². The fourth-order valence-corrected chi connectivity index (χ4v) is 4.65. The molecule has 2 saturated heterocycles. The van der Waals surface area contributed by atoms with Gasteiger partial charge in [-0.2, -0.15) is 0 Å². The molecule has 0 aliphatic carbocycles. The Hall–Kier alpha value is -1.74. The number of aromatic nitrogens is 2. The topological polar surface area (TPSA) is 118 Å². The average molecular weight is 452 g/mol. The van der Waals surface area contributed by atoms with E-state index in [0.717, 1.165) is 0 Å². The van der Waals surface area contributed by atoms with Gasteiger partial charge in [-0.1, -0.05) is 26.7 Å². The van der Waals surface area contributed by atoms with Gasteiger partial charge in [0.2, 0.25) is 0 Å². The number of carbonyl (C=O) groups is 1. The number of nitrogens with two attached hydrogens (primary N) is 1. The van der Waals surface area contributed by atoms with Crippen LogP contribution in [0.1, 0.15) is 63.1 Å². The van der Waals surface area contributed by atoms with Crippen molar-refractivity contribution >= 4 is 14.2 Å². The molecule has 3 heterocycles. The molecule has 3 rings (SSSR count). The number of aliphatic hydroxyl groups excluding tert-OH is 1. The minimum atomic E-state index is -2.02. The van der Waals surface area contributed by atoms with E-state index in [4.69, 9.17) is 30.8 Å². The van der Waals surface area contributed by atoms with Gasteiger partial charge in [-0.15, -0.1) is 6.42 Å². The summed E-state index contributed by atoms with van der Waals surface area (Å²) in [5, 5.41) is 10.4. The maximum absolute atomic E-state index is 11.8. The van der Waals surface area contributed by atoms with E-state index in [1.165, 1.54) is 10.9 Å². The lowest BCUT2D eigenvalue weighted by molar-refractivity contribution is -0.200. The van der Waals surface area contributed by atoms with Crippen molar-refractivity contribution in [2.24, 2.45) is 5.73 Å². The zero-order chi connectivity index (χ0) is 23.4. The largest absolute Gasteiger partial charge is 0.414 e. The number of carbonyl (C=O) groups excluding carboxylic acids is 1. The number of imidazole rings is 1. The van der Waals surface area contributed by atoms with Crippen LogP contribution in [0, 0.1) is 12.3 Å². The van der Waals surface area contributed by atoms with Crippen molar-refractivity contribution in [1.29, 1.82) is 0 Å². The lowest BCUT2D eigenvalue weighted by Gasteiger charge is -2.37. The first-order chi connectivity index (χ1) is 14.2. The maximum Gasteiger partial charge on any atom is 0.269 e. The summed E-state index contributed by atoms with van der Waals surface area (Å²) in [5.41, 5.74) is 5.41. The van der Waals surface area contributed by atoms with Crippen LogP contribution in [0.5, 0.6) is 0 Å². The van der Waals surface area contributed by atoms with Gasteiger partial charge < -0.3 is 34.0 Å². The highest BCUT2D eigenvalue weighted by Gasteiger charge is 2.57. The fraction of sp³-hybridized carbons (Fsp3) is 0.714. The van der Waals surface area contributed by atoms with Gasteiger partial charge in [-0.3, -0.25) is 4.79 Å². The summed E-state index contributed by atoms with van der Waals surface area (Å²) in [6.45, 7) is 14.8. The third-order valence-electron chi connectivity index (χ3n) is 6.30. The van der Waals surface area contributed by atoms with Crippen molar-refractivity contribution in [2.75, 3.05) is 6.61 Å². The number of hydrogen-bond acceptors (Lipinski definition) is 7. The standard InChI is InChI=1S/C21H33N3O6Si/c1-9-12(25)15-14(18(22)26)23-11-24(15)19-17-16(29-21(5,6)30-17)13(28-19)10-27-31(7,8)20(2,3)4/h1,11-13,16-17,19,25H,10H2,2-8H3,(H2,22,26)/t12-,13-,16-,17-,19-/m1/s1. The summed E-state index contributed by atoms with van der Waals surface area (Å²) in [7, 11) is -2.02. The van der Waals surface area contributed by atoms with Gasteiger partial charge in [-0.05, 0) is 32.0 Å². The number of ether oxygens (including phenoxy) is 3. The lowest BCUT2D eigenvalue weighted by Crippen LogP contribution is -2.44. The number of nitrogens with zero attached hydrogens (tertiary/aromatic N) is 2. The Labute approximate surface area is 184 Å². The molecule has 1 aromatic rings. The molecule has 9 nitrogen and oxygen atoms in total. The van der Waals surface area contributed by atoms with E-state index < -0.39 is 50.7 Å². The molecule has 2 aliphatic heterocycles. The summed E-state index contributed by atoms with van der Waals surface area (Å²) in [6, 6.07) is 0. The molecule has 3 N–H and O–H groups in total. The molecule has 2 fully saturated rings. The summed E-state index contributed by atoms with van der Waals surface area (Å²) in [4.78, 5) is 15.9. The molecule has 1 amide bonds. The minimum absolute atomic E-state index is 0.0432. The fourth-order valence-electron chi connectivity index (χ4n) is 3.64. The highest BCUT2D eigenvalue weighted by molar-refractivity contribution is 6.74. The van der Waals surface area contributed by atoms with Gasteiger partial charge in [0, 0.05) is 0 Å². The highest BCUT2D eigenvalue weighted by Crippen LogP contribution is 2.45. The van der Waals surface area contributed by atoms with Gasteiger partial charge in [0.1, 0.15) is 18.3 Å². The molecule has 1 aromatic heterocycles. The quantitative estimate of drug-likeness (QED) is 0.502. The molecule has 2 aliphatic rings. The first-order valence-corrected chi connectivity index (χ1v) is 13.2. The Kier molecular flexibility index (Phi) is 6.16. The SMILES string of the molecule is C#C[C@@H](O)c1c(C(N)=O)ncn1[C@@H]1O[C@H](CO[Si](C)(C)C(C)(C)C)[C@H]2OC(C)(C)O[C@H]21. The molecule has 31 heavy (non-hydrogen) atoms. The molecule has 0 saturated carbocycles. The summed E-state index contributed by atoms with van der Waals surface area (Å²) < 4.78 is 26.4. The Morgan fingerprint density at radius 1 is 1.42 bits per heavy atom. The van der Waals surface area contributed by atoms with Crippen LogP contribution in [0.15, 0.2) is 6.33 Å². The third-order valence-corrected chi connectivity index (χ3v) is 10.8. The van der Waals surface area contributed by atoms with Crippen molar-refractivity contribution < 1.29 is 28.5 Å². The van der Waals surface area contributed by atoms with E-state index in [0.29, 0.717) is 6.61 Å². The maximum atomic E-state index is 11.8. The second-order valence-corrected chi connectivity index (χ2v) is 14.8. The van der Waals surface area contributed by atoms with Crippen molar-refractivity contribution in [3.8, 4) is 12.3 Å². The number of hydrogen-bond donors (Lipinski definition) is 2. The monoisotopic (exact) mass is 451 g/mol. The van der Waals surface area contributed by atoms with Crippen LogP contribution in [-0.4, -0.2) is 59.6 Å². The Balaban J connectivity index is 1.93. The van der Waals surface area contributed by atoms with Gasteiger partial charge in [0.25, 0.3) is 5.91 Å². The molecular formula is C21H33N3O6Si. The number of primary amides is 1. The smallest absolute Gasteiger partial charge is 0.269 e. The Bertz CT molecular complexity index is 885. The zero-order valence-corrected chi connectivity index (χ0v) is 20.2. The van der Waals surface area contributed by atoms with Crippen molar-refractivity contribution in [2.45, 2.75) is 89.2 Å². The third kappa shape index (κ3) is 4.44. The number of terminal acetylenes is 1. The molecule has 5 atom stereocenters. The predicted molar refractivity (Wildman–Crippen MR) is 115 cm³/mol. The highest BCUT2D eigenvalue weighted by atomic mass is 28.4. The predicted octanol–water partition coefficient (Wildman–Crippen LogP) is 2.09. The number of rotatable bonds is 6.